The molecule has 0 saturated carbocycles. The summed E-state index contributed by atoms with van der Waals surface area (Å²) in [7, 11) is 0. The number of hydrogen-bond acceptors (Lipinski definition) is 2. The number of aromatic nitrogens is 1. The summed E-state index contributed by atoms with van der Waals surface area (Å²) >= 11 is 9.97. The van der Waals surface area contributed by atoms with Crippen LogP contribution in [0.3, 0.4) is 0 Å². The lowest BCUT2D eigenvalue weighted by Crippen LogP contribution is -1.87. The Balaban J connectivity index is 3.14. The smallest absolute Gasteiger partial charge is 0.0573 e. The molecule has 54 valence electrons. The Bertz CT molecular complexity index is 237. The van der Waals surface area contributed by atoms with Gasteiger partial charge >= 0.3 is 0 Å². The number of halogens is 1. The van der Waals surface area contributed by atoms with Gasteiger partial charge in [-0.25, -0.2) is 0 Å². The Morgan fingerprint density at radius 1 is 1.70 bits per heavy atom. The lowest BCUT2D eigenvalue weighted by Gasteiger charge is -2.00. The minimum Gasteiger partial charge on any atom is -0.260 e. The Hall–Kier alpha value is -0.210. The maximum Gasteiger partial charge on any atom is 0.0573 e. The second kappa shape index (κ2) is 3.26. The molecular formula is C7H8ClNS. The van der Waals surface area contributed by atoms with Crippen LogP contribution >= 0.6 is 24.2 Å². The van der Waals surface area contributed by atoms with E-state index < -0.39 is 0 Å². The average Bonchev–Trinajstić information content (AvgIpc) is 1.95. The third-order valence-electron chi connectivity index (χ3n) is 1.29. The van der Waals surface area contributed by atoms with Crippen LogP contribution < -0.4 is 0 Å². The molecule has 0 aromatic carbocycles. The van der Waals surface area contributed by atoms with Crippen molar-refractivity contribution in [3.8, 4) is 0 Å². The molecule has 0 fully saturated rings. The number of pyridine rings is 1. The van der Waals surface area contributed by atoms with Crippen molar-refractivity contribution in [3.05, 3.63) is 23.0 Å². The first kappa shape index (κ1) is 7.89. The van der Waals surface area contributed by atoms with Crippen molar-refractivity contribution in [2.75, 3.05) is 0 Å². The number of nitrogens with zero attached hydrogens (tertiary/aromatic N) is 1. The standard InChI is InChI=1S/C7H8ClNS/c1-2-6-7(10)5(8)3-4-9-6/h3-4,10H,2H2,1H3. The van der Waals surface area contributed by atoms with Gasteiger partial charge < -0.3 is 0 Å². The van der Waals surface area contributed by atoms with Crippen LogP contribution in [-0.4, -0.2) is 4.98 Å². The predicted molar refractivity (Wildman–Crippen MR) is 45.9 cm³/mol. The first-order valence-corrected chi connectivity index (χ1v) is 3.90. The largest absolute Gasteiger partial charge is 0.260 e. The van der Waals surface area contributed by atoms with Crippen LogP contribution in [0.25, 0.3) is 0 Å². The molecule has 3 heteroatoms. The van der Waals surface area contributed by atoms with Crippen molar-refractivity contribution in [2.24, 2.45) is 0 Å². The highest BCUT2D eigenvalue weighted by molar-refractivity contribution is 7.80. The molecular weight excluding hydrogens is 166 g/mol. The van der Waals surface area contributed by atoms with Gasteiger partial charge in [0.25, 0.3) is 0 Å². The molecule has 10 heavy (non-hydrogen) atoms. The molecule has 1 aromatic heterocycles. The van der Waals surface area contributed by atoms with Crippen LogP contribution in [0.4, 0.5) is 0 Å². The van der Waals surface area contributed by atoms with Crippen molar-refractivity contribution >= 4 is 24.2 Å². The molecule has 0 aliphatic heterocycles. The van der Waals surface area contributed by atoms with Crippen LogP contribution in [0.1, 0.15) is 12.6 Å². The van der Waals surface area contributed by atoms with E-state index in [1.54, 1.807) is 12.3 Å². The zero-order valence-corrected chi connectivity index (χ0v) is 7.28. The summed E-state index contributed by atoms with van der Waals surface area (Å²) in [6.07, 6.45) is 2.57. The normalized spacial score (nSPS) is 9.90. The first-order valence-electron chi connectivity index (χ1n) is 3.08. The van der Waals surface area contributed by atoms with E-state index in [4.69, 9.17) is 11.6 Å². The van der Waals surface area contributed by atoms with Gasteiger partial charge in [-0.2, -0.15) is 0 Å². The average molecular weight is 174 g/mol. The number of hydrogen-bond donors (Lipinski definition) is 1. The van der Waals surface area contributed by atoms with E-state index >= 15 is 0 Å². The Labute approximate surface area is 70.8 Å². The number of rotatable bonds is 1. The molecule has 0 radical (unpaired) electrons. The van der Waals surface area contributed by atoms with Gasteiger partial charge in [0.1, 0.15) is 0 Å². The van der Waals surface area contributed by atoms with Crippen molar-refractivity contribution in [3.63, 3.8) is 0 Å². The lowest BCUT2D eigenvalue weighted by molar-refractivity contribution is 0.983. The maximum absolute atomic E-state index is 5.78. The fourth-order valence-electron chi connectivity index (χ4n) is 0.729. The van der Waals surface area contributed by atoms with Crippen molar-refractivity contribution < 1.29 is 0 Å². The van der Waals surface area contributed by atoms with Crippen molar-refractivity contribution in [1.82, 2.24) is 4.98 Å². The second-order valence-corrected chi connectivity index (χ2v) is 2.80. The SMILES string of the molecule is CCc1nccc(Cl)c1S. The Morgan fingerprint density at radius 2 is 2.40 bits per heavy atom. The summed E-state index contributed by atoms with van der Waals surface area (Å²) in [5.74, 6) is 0. The van der Waals surface area contributed by atoms with Gasteiger partial charge in [0.05, 0.1) is 10.7 Å². The monoisotopic (exact) mass is 173 g/mol. The van der Waals surface area contributed by atoms with Crippen LogP contribution in [0.5, 0.6) is 0 Å². The van der Waals surface area contributed by atoms with Gasteiger partial charge in [-0.05, 0) is 12.5 Å². The van der Waals surface area contributed by atoms with E-state index in [1.165, 1.54) is 0 Å². The Kier molecular flexibility index (Phi) is 2.57. The zero-order chi connectivity index (χ0) is 7.56. The molecule has 1 nitrogen and oxygen atoms in total. The quantitative estimate of drug-likeness (QED) is 0.645. The molecule has 1 rings (SSSR count). The van der Waals surface area contributed by atoms with E-state index in [2.05, 4.69) is 17.6 Å². The minimum atomic E-state index is 0.676. The molecule has 0 amide bonds. The van der Waals surface area contributed by atoms with E-state index in [0.29, 0.717) is 5.02 Å². The topological polar surface area (TPSA) is 12.9 Å². The maximum atomic E-state index is 5.78. The van der Waals surface area contributed by atoms with Crippen LogP contribution in [0.2, 0.25) is 5.02 Å². The zero-order valence-electron chi connectivity index (χ0n) is 5.63. The molecule has 1 aromatic rings. The number of aryl methyl sites for hydroxylation is 1. The molecule has 0 aliphatic rings. The van der Waals surface area contributed by atoms with Crippen LogP contribution in [0, 0.1) is 0 Å². The highest BCUT2D eigenvalue weighted by atomic mass is 35.5. The van der Waals surface area contributed by atoms with Gasteiger partial charge in [0, 0.05) is 11.1 Å². The number of thiol groups is 1. The summed E-state index contributed by atoms with van der Waals surface area (Å²) in [4.78, 5) is 4.89. The van der Waals surface area contributed by atoms with Gasteiger partial charge in [-0.1, -0.05) is 18.5 Å². The van der Waals surface area contributed by atoms with Gasteiger partial charge in [0.2, 0.25) is 0 Å². The van der Waals surface area contributed by atoms with Crippen molar-refractivity contribution in [2.45, 2.75) is 18.2 Å². The van der Waals surface area contributed by atoms with Crippen LogP contribution in [-0.2, 0) is 6.42 Å². The summed E-state index contributed by atoms with van der Waals surface area (Å²) in [5, 5.41) is 0.676. The van der Waals surface area contributed by atoms with Crippen LogP contribution in [0.15, 0.2) is 17.2 Å². The van der Waals surface area contributed by atoms with E-state index in [9.17, 15) is 0 Å². The fourth-order valence-corrected chi connectivity index (χ4v) is 1.19. The molecule has 0 saturated heterocycles. The first-order chi connectivity index (χ1) is 4.75. The summed E-state index contributed by atoms with van der Waals surface area (Å²) in [6, 6.07) is 1.74. The molecule has 1 heterocycles. The van der Waals surface area contributed by atoms with E-state index in [0.717, 1.165) is 17.0 Å². The van der Waals surface area contributed by atoms with E-state index in [1.807, 2.05) is 6.92 Å². The summed E-state index contributed by atoms with van der Waals surface area (Å²) in [5.41, 5.74) is 0.954. The summed E-state index contributed by atoms with van der Waals surface area (Å²) < 4.78 is 0. The third-order valence-corrected chi connectivity index (χ3v) is 2.23. The lowest BCUT2D eigenvalue weighted by atomic mass is 10.3. The van der Waals surface area contributed by atoms with E-state index in [-0.39, 0.29) is 0 Å². The molecule has 0 spiro atoms. The molecule has 0 N–H and O–H groups in total. The molecule has 0 unspecified atom stereocenters. The molecule has 0 aliphatic carbocycles. The highest BCUT2D eigenvalue weighted by Crippen LogP contribution is 2.21. The molecule has 0 bridgehead atoms. The van der Waals surface area contributed by atoms with Gasteiger partial charge in [-0.15, -0.1) is 12.6 Å². The fraction of sp³-hybridized carbons (Fsp3) is 0.286. The molecule has 0 atom stereocenters. The second-order valence-electron chi connectivity index (χ2n) is 1.94. The predicted octanol–water partition coefficient (Wildman–Crippen LogP) is 2.59. The van der Waals surface area contributed by atoms with Crippen molar-refractivity contribution in [1.29, 1.82) is 0 Å². The highest BCUT2D eigenvalue weighted by Gasteiger charge is 2.00. The van der Waals surface area contributed by atoms with Gasteiger partial charge in [-0.3, -0.25) is 4.98 Å². The third kappa shape index (κ3) is 1.44. The Morgan fingerprint density at radius 3 is 2.90 bits per heavy atom. The minimum absolute atomic E-state index is 0.676. The summed E-state index contributed by atoms with van der Waals surface area (Å²) in [6.45, 7) is 2.03. The van der Waals surface area contributed by atoms with Gasteiger partial charge in [0.15, 0.2) is 0 Å².